The van der Waals surface area contributed by atoms with Crippen molar-refractivity contribution in [3.05, 3.63) is 18.0 Å². The maximum atomic E-state index is 12.0. The second kappa shape index (κ2) is 5.93. The summed E-state index contributed by atoms with van der Waals surface area (Å²) in [5, 5.41) is 3.06. The van der Waals surface area contributed by atoms with Crippen LogP contribution in [0.2, 0.25) is 0 Å². The predicted molar refractivity (Wildman–Crippen MR) is 64.0 cm³/mol. The van der Waals surface area contributed by atoms with Crippen LogP contribution in [0.5, 0.6) is 0 Å². The third-order valence-corrected chi connectivity index (χ3v) is 3.57. The number of nitrogens with one attached hydrogen (secondary N) is 3. The van der Waals surface area contributed by atoms with Crippen molar-refractivity contribution in [1.29, 1.82) is 0 Å². The molecule has 0 unspecified atom stereocenters. The van der Waals surface area contributed by atoms with E-state index in [9.17, 15) is 21.6 Å². The van der Waals surface area contributed by atoms with Gasteiger partial charge in [-0.3, -0.25) is 0 Å². The molecule has 0 atom stereocenters. The van der Waals surface area contributed by atoms with E-state index in [1.54, 1.807) is 0 Å². The van der Waals surface area contributed by atoms with E-state index < -0.39 is 22.7 Å². The standard InChI is InChI=1S/C10H16F3N3O2S/c1-7(2)14-4-8-3-9(5-15-8)19(17,18)16-6-10(11,12)13/h3,5,7,14-16H,4,6H2,1-2H3. The summed E-state index contributed by atoms with van der Waals surface area (Å²) in [6.45, 7) is 2.67. The van der Waals surface area contributed by atoms with E-state index in [0.29, 0.717) is 12.2 Å². The van der Waals surface area contributed by atoms with E-state index in [-0.39, 0.29) is 10.9 Å². The molecule has 0 saturated carbocycles. The highest BCUT2D eigenvalue weighted by atomic mass is 32.2. The van der Waals surface area contributed by atoms with Crippen molar-refractivity contribution in [2.45, 2.75) is 37.5 Å². The molecule has 0 amide bonds. The van der Waals surface area contributed by atoms with Gasteiger partial charge < -0.3 is 10.3 Å². The normalized spacial score (nSPS) is 13.2. The summed E-state index contributed by atoms with van der Waals surface area (Å²) in [6.07, 6.45) is -3.42. The van der Waals surface area contributed by atoms with Gasteiger partial charge in [-0.2, -0.15) is 13.2 Å². The highest BCUT2D eigenvalue weighted by molar-refractivity contribution is 7.89. The number of rotatable bonds is 6. The molecule has 0 fully saturated rings. The number of alkyl halides is 3. The fraction of sp³-hybridized carbons (Fsp3) is 0.600. The molecule has 1 aromatic rings. The SMILES string of the molecule is CC(C)NCc1cc(S(=O)(=O)NCC(F)(F)F)c[nH]1. The van der Waals surface area contributed by atoms with Crippen LogP contribution < -0.4 is 10.0 Å². The van der Waals surface area contributed by atoms with Crippen molar-refractivity contribution in [2.24, 2.45) is 0 Å². The molecule has 110 valence electrons. The Morgan fingerprint density at radius 1 is 1.37 bits per heavy atom. The van der Waals surface area contributed by atoms with E-state index in [0.717, 1.165) is 6.20 Å². The summed E-state index contributed by atoms with van der Waals surface area (Å²) in [5.74, 6) is 0. The molecular weight excluding hydrogens is 283 g/mol. The summed E-state index contributed by atoms with van der Waals surface area (Å²) >= 11 is 0. The molecule has 0 radical (unpaired) electrons. The highest BCUT2D eigenvalue weighted by Gasteiger charge is 2.30. The zero-order chi connectivity index (χ0) is 14.7. The number of aromatic amines is 1. The maximum Gasteiger partial charge on any atom is 0.402 e. The molecule has 0 aliphatic rings. The molecule has 0 saturated heterocycles. The zero-order valence-electron chi connectivity index (χ0n) is 10.5. The van der Waals surface area contributed by atoms with Gasteiger partial charge >= 0.3 is 6.18 Å². The Balaban J connectivity index is 2.69. The lowest BCUT2D eigenvalue weighted by atomic mass is 10.3. The third kappa shape index (κ3) is 5.62. The van der Waals surface area contributed by atoms with Gasteiger partial charge in [-0.15, -0.1) is 0 Å². The van der Waals surface area contributed by atoms with Crippen molar-refractivity contribution in [2.75, 3.05) is 6.54 Å². The first-order chi connectivity index (χ1) is 8.60. The molecule has 9 heteroatoms. The second-order valence-corrected chi connectivity index (χ2v) is 6.10. The van der Waals surface area contributed by atoms with E-state index >= 15 is 0 Å². The topological polar surface area (TPSA) is 74.0 Å². The van der Waals surface area contributed by atoms with Crippen molar-refractivity contribution in [1.82, 2.24) is 15.0 Å². The van der Waals surface area contributed by atoms with Gasteiger partial charge in [-0.1, -0.05) is 13.8 Å². The predicted octanol–water partition coefficient (Wildman–Crippen LogP) is 1.35. The number of sulfonamides is 1. The highest BCUT2D eigenvalue weighted by Crippen LogP contribution is 2.15. The number of H-pyrrole nitrogens is 1. The van der Waals surface area contributed by atoms with Gasteiger partial charge in [0, 0.05) is 24.5 Å². The van der Waals surface area contributed by atoms with Gasteiger partial charge in [0.25, 0.3) is 0 Å². The minimum atomic E-state index is -4.58. The number of hydrogen-bond donors (Lipinski definition) is 3. The average Bonchev–Trinajstić information content (AvgIpc) is 2.72. The van der Waals surface area contributed by atoms with E-state index in [1.807, 2.05) is 13.8 Å². The molecule has 0 aromatic carbocycles. The molecule has 0 bridgehead atoms. The van der Waals surface area contributed by atoms with Crippen LogP contribution in [0, 0.1) is 0 Å². The Morgan fingerprint density at radius 2 is 2.00 bits per heavy atom. The van der Waals surface area contributed by atoms with Gasteiger partial charge in [0.2, 0.25) is 10.0 Å². The summed E-state index contributed by atoms with van der Waals surface area (Å²) in [7, 11) is -4.14. The Labute approximate surface area is 109 Å². The van der Waals surface area contributed by atoms with Gasteiger partial charge in [0.05, 0.1) is 4.90 Å². The molecule has 19 heavy (non-hydrogen) atoms. The molecule has 1 aromatic heterocycles. The van der Waals surface area contributed by atoms with Crippen LogP contribution in [0.3, 0.4) is 0 Å². The lowest BCUT2D eigenvalue weighted by Gasteiger charge is -2.07. The van der Waals surface area contributed by atoms with Gasteiger partial charge in [0.15, 0.2) is 0 Å². The largest absolute Gasteiger partial charge is 0.402 e. The minimum Gasteiger partial charge on any atom is -0.363 e. The molecule has 0 spiro atoms. The summed E-state index contributed by atoms with van der Waals surface area (Å²) < 4.78 is 60.6. The van der Waals surface area contributed by atoms with E-state index in [1.165, 1.54) is 10.8 Å². The lowest BCUT2D eigenvalue weighted by Crippen LogP contribution is -2.33. The fourth-order valence-corrected chi connectivity index (χ4v) is 2.28. The molecule has 1 heterocycles. The number of halogens is 3. The molecule has 0 aliphatic carbocycles. The summed E-state index contributed by atoms with van der Waals surface area (Å²) in [4.78, 5) is 2.49. The minimum absolute atomic E-state index is 0.211. The third-order valence-electron chi connectivity index (χ3n) is 2.19. The molecule has 5 nitrogen and oxygen atoms in total. The van der Waals surface area contributed by atoms with Crippen LogP contribution in [-0.2, 0) is 16.6 Å². The zero-order valence-corrected chi connectivity index (χ0v) is 11.3. The van der Waals surface area contributed by atoms with Crippen molar-refractivity contribution < 1.29 is 21.6 Å². The fourth-order valence-electron chi connectivity index (χ4n) is 1.25. The van der Waals surface area contributed by atoms with Crippen molar-refractivity contribution in [3.63, 3.8) is 0 Å². The summed E-state index contributed by atoms with van der Waals surface area (Å²) in [5.41, 5.74) is 0.584. The van der Waals surface area contributed by atoms with Gasteiger partial charge in [-0.25, -0.2) is 13.1 Å². The first-order valence-corrected chi connectivity index (χ1v) is 7.05. The van der Waals surface area contributed by atoms with Crippen molar-refractivity contribution >= 4 is 10.0 Å². The molecule has 3 N–H and O–H groups in total. The van der Waals surface area contributed by atoms with Crippen LogP contribution in [0.15, 0.2) is 17.2 Å². The number of hydrogen-bond acceptors (Lipinski definition) is 3. The number of aromatic nitrogens is 1. The molecule has 0 aliphatic heterocycles. The summed E-state index contributed by atoms with van der Waals surface area (Å²) in [6, 6.07) is 1.51. The van der Waals surface area contributed by atoms with E-state index in [4.69, 9.17) is 0 Å². The van der Waals surface area contributed by atoms with Crippen LogP contribution in [0.4, 0.5) is 13.2 Å². The van der Waals surface area contributed by atoms with Crippen LogP contribution in [0.1, 0.15) is 19.5 Å². The molecule has 1 rings (SSSR count). The first-order valence-electron chi connectivity index (χ1n) is 5.57. The lowest BCUT2D eigenvalue weighted by molar-refractivity contribution is -0.121. The Hall–Kier alpha value is -1.06. The Morgan fingerprint density at radius 3 is 2.53 bits per heavy atom. The Bertz CT molecular complexity index is 508. The van der Waals surface area contributed by atoms with Crippen LogP contribution in [-0.4, -0.2) is 32.2 Å². The quantitative estimate of drug-likeness (QED) is 0.742. The maximum absolute atomic E-state index is 12.0. The van der Waals surface area contributed by atoms with E-state index in [2.05, 4.69) is 10.3 Å². The monoisotopic (exact) mass is 299 g/mol. The van der Waals surface area contributed by atoms with Gasteiger partial charge in [-0.05, 0) is 6.07 Å². The smallest absolute Gasteiger partial charge is 0.363 e. The van der Waals surface area contributed by atoms with Crippen LogP contribution in [0.25, 0.3) is 0 Å². The van der Waals surface area contributed by atoms with Gasteiger partial charge in [0.1, 0.15) is 6.54 Å². The second-order valence-electron chi connectivity index (χ2n) is 4.34. The van der Waals surface area contributed by atoms with Crippen molar-refractivity contribution in [3.8, 4) is 0 Å². The van der Waals surface area contributed by atoms with Crippen LogP contribution >= 0.6 is 0 Å². The first kappa shape index (κ1) is 16.0. The molecular formula is C10H16F3N3O2S. The average molecular weight is 299 g/mol. The Kier molecular flexibility index (Phi) is 4.99.